The molecule has 7 heteroatoms. The van der Waals surface area contributed by atoms with Crippen LogP contribution in [-0.4, -0.2) is 63.8 Å². The molecule has 0 rings (SSSR count). The first-order chi connectivity index (χ1) is 11.2. The first kappa shape index (κ1) is 22.6. The Labute approximate surface area is 144 Å². The minimum absolute atomic E-state index is 0.194. The van der Waals surface area contributed by atoms with Crippen LogP contribution in [0.2, 0.25) is 0 Å². The van der Waals surface area contributed by atoms with E-state index in [1.165, 1.54) is 0 Å². The molecule has 0 aliphatic rings. The number of hydrogen-bond acceptors (Lipinski definition) is 7. The fraction of sp³-hybridized carbons (Fsp3) is 0.765. The molecule has 0 fully saturated rings. The van der Waals surface area contributed by atoms with E-state index < -0.39 is 11.6 Å². The highest BCUT2D eigenvalue weighted by molar-refractivity contribution is 5.86. The average Bonchev–Trinajstić information content (AvgIpc) is 2.46. The lowest BCUT2D eigenvalue weighted by molar-refractivity contribution is -0.156. The summed E-state index contributed by atoms with van der Waals surface area (Å²) in [4.78, 5) is 22.5. The lowest BCUT2D eigenvalue weighted by Gasteiger charge is -2.19. The summed E-state index contributed by atoms with van der Waals surface area (Å²) < 4.78 is 25.8. The predicted molar refractivity (Wildman–Crippen MR) is 88.7 cm³/mol. The third-order valence-electron chi connectivity index (χ3n) is 2.42. The van der Waals surface area contributed by atoms with Gasteiger partial charge >= 0.3 is 11.9 Å². The van der Waals surface area contributed by atoms with Crippen LogP contribution in [0.3, 0.4) is 0 Å². The molecule has 0 saturated carbocycles. The van der Waals surface area contributed by atoms with Crippen LogP contribution < -0.4 is 0 Å². The molecule has 140 valence electrons. The minimum Gasteiger partial charge on any atom is -0.460 e. The lowest BCUT2D eigenvalue weighted by Crippen LogP contribution is -2.24. The van der Waals surface area contributed by atoms with Gasteiger partial charge in [-0.05, 0) is 27.7 Å². The van der Waals surface area contributed by atoms with Crippen LogP contribution in [0.4, 0.5) is 0 Å². The van der Waals surface area contributed by atoms with Crippen molar-refractivity contribution in [3.05, 3.63) is 12.2 Å². The summed E-state index contributed by atoms with van der Waals surface area (Å²) in [6.07, 6.45) is 0.225. The highest BCUT2D eigenvalue weighted by Gasteiger charge is 2.15. The van der Waals surface area contributed by atoms with Crippen molar-refractivity contribution in [2.45, 2.75) is 39.7 Å². The number of rotatable bonds is 13. The Balaban J connectivity index is 3.27. The number of hydrogen-bond donors (Lipinski definition) is 0. The molecule has 0 aromatic carbocycles. The maximum Gasteiger partial charge on any atom is 0.333 e. The van der Waals surface area contributed by atoms with E-state index in [0.717, 1.165) is 0 Å². The van der Waals surface area contributed by atoms with Crippen molar-refractivity contribution < 1.29 is 33.3 Å². The molecule has 0 amide bonds. The van der Waals surface area contributed by atoms with E-state index >= 15 is 0 Å². The zero-order valence-corrected chi connectivity index (χ0v) is 15.2. The Morgan fingerprint density at radius 2 is 1.29 bits per heavy atom. The summed E-state index contributed by atoms with van der Waals surface area (Å²) in [5.74, 6) is -0.692. The van der Waals surface area contributed by atoms with Crippen molar-refractivity contribution in [3.63, 3.8) is 0 Å². The second-order valence-corrected chi connectivity index (χ2v) is 6.09. The van der Waals surface area contributed by atoms with E-state index in [4.69, 9.17) is 23.7 Å². The van der Waals surface area contributed by atoms with Gasteiger partial charge in [-0.3, -0.25) is 4.79 Å². The zero-order valence-electron chi connectivity index (χ0n) is 15.2. The zero-order chi connectivity index (χ0) is 18.4. The van der Waals surface area contributed by atoms with Crippen LogP contribution in [0.5, 0.6) is 0 Å². The highest BCUT2D eigenvalue weighted by atomic mass is 16.6. The molecule has 7 nitrogen and oxygen atoms in total. The van der Waals surface area contributed by atoms with Crippen LogP contribution >= 0.6 is 0 Å². The third-order valence-corrected chi connectivity index (χ3v) is 2.42. The molecule has 24 heavy (non-hydrogen) atoms. The van der Waals surface area contributed by atoms with Gasteiger partial charge in [0.25, 0.3) is 0 Å². The molecule has 0 aliphatic carbocycles. The van der Waals surface area contributed by atoms with Gasteiger partial charge in [0.05, 0.1) is 46.1 Å². The van der Waals surface area contributed by atoms with Gasteiger partial charge in [0.15, 0.2) is 0 Å². The average molecular weight is 346 g/mol. The van der Waals surface area contributed by atoms with E-state index in [0.29, 0.717) is 45.2 Å². The summed E-state index contributed by atoms with van der Waals surface area (Å²) in [6, 6.07) is 0. The largest absolute Gasteiger partial charge is 0.460 e. The van der Waals surface area contributed by atoms with Gasteiger partial charge in [-0.25, -0.2) is 4.79 Å². The molecule has 0 heterocycles. The molecule has 0 spiro atoms. The van der Waals surface area contributed by atoms with Gasteiger partial charge in [-0.15, -0.1) is 0 Å². The Morgan fingerprint density at radius 1 is 0.833 bits per heavy atom. The smallest absolute Gasteiger partial charge is 0.333 e. The highest BCUT2D eigenvalue weighted by Crippen LogP contribution is 2.07. The first-order valence-electron chi connectivity index (χ1n) is 8.00. The maximum atomic E-state index is 11.4. The van der Waals surface area contributed by atoms with Crippen molar-refractivity contribution in [1.29, 1.82) is 0 Å². The van der Waals surface area contributed by atoms with E-state index in [9.17, 15) is 9.59 Å². The normalized spacial score (nSPS) is 11.2. The number of ether oxygens (including phenoxy) is 5. The standard InChI is InChI=1S/C17H30O7/c1-14(2)16(19)23-13-12-22-11-10-21-9-8-20-7-6-15(18)24-17(3,4)5/h1,6-13H2,2-5H3. The van der Waals surface area contributed by atoms with Gasteiger partial charge in [-0.2, -0.15) is 0 Å². The Morgan fingerprint density at radius 3 is 1.75 bits per heavy atom. The molecular formula is C17H30O7. The molecule has 0 radical (unpaired) electrons. The molecule has 0 saturated heterocycles. The maximum absolute atomic E-state index is 11.4. The minimum atomic E-state index is -0.469. The van der Waals surface area contributed by atoms with E-state index in [1.54, 1.807) is 6.92 Å². The van der Waals surface area contributed by atoms with Crippen LogP contribution in [0.15, 0.2) is 12.2 Å². The molecule has 0 aliphatic heterocycles. The van der Waals surface area contributed by atoms with Crippen molar-refractivity contribution in [2.24, 2.45) is 0 Å². The third kappa shape index (κ3) is 15.5. The molecule has 0 aromatic heterocycles. The van der Waals surface area contributed by atoms with Crippen LogP contribution in [0.1, 0.15) is 34.1 Å². The summed E-state index contributed by atoms with van der Waals surface area (Å²) >= 11 is 0. The second-order valence-electron chi connectivity index (χ2n) is 6.09. The van der Waals surface area contributed by atoms with Crippen molar-refractivity contribution in [1.82, 2.24) is 0 Å². The first-order valence-corrected chi connectivity index (χ1v) is 8.00. The van der Waals surface area contributed by atoms with E-state index in [1.807, 2.05) is 20.8 Å². The molecule has 0 aromatic rings. The Kier molecular flexibility index (Phi) is 12.1. The van der Waals surface area contributed by atoms with Crippen LogP contribution in [0, 0.1) is 0 Å². The predicted octanol–water partition coefficient (Wildman–Crippen LogP) is 1.89. The van der Waals surface area contributed by atoms with Crippen molar-refractivity contribution in [2.75, 3.05) is 46.2 Å². The fourth-order valence-electron chi connectivity index (χ4n) is 1.41. The van der Waals surface area contributed by atoms with Crippen LogP contribution in [0.25, 0.3) is 0 Å². The van der Waals surface area contributed by atoms with Gasteiger partial charge in [-0.1, -0.05) is 6.58 Å². The summed E-state index contributed by atoms with van der Waals surface area (Å²) in [7, 11) is 0. The molecule has 0 unspecified atom stereocenters. The van der Waals surface area contributed by atoms with E-state index in [2.05, 4.69) is 6.58 Å². The summed E-state index contributed by atoms with van der Waals surface area (Å²) in [5.41, 5.74) is -0.103. The second kappa shape index (κ2) is 12.9. The number of carbonyl (C=O) groups is 2. The summed E-state index contributed by atoms with van der Waals surface area (Å²) in [6.45, 7) is 13.0. The fourth-order valence-corrected chi connectivity index (χ4v) is 1.41. The Hall–Kier alpha value is -1.44. The van der Waals surface area contributed by atoms with Crippen molar-refractivity contribution >= 4 is 11.9 Å². The van der Waals surface area contributed by atoms with Gasteiger partial charge in [0.1, 0.15) is 12.2 Å². The Bertz CT molecular complexity index is 385. The van der Waals surface area contributed by atoms with Gasteiger partial charge < -0.3 is 23.7 Å². The van der Waals surface area contributed by atoms with Gasteiger partial charge in [0.2, 0.25) is 0 Å². The molecular weight excluding hydrogens is 316 g/mol. The summed E-state index contributed by atoms with van der Waals surface area (Å²) in [5, 5.41) is 0. The molecule has 0 atom stereocenters. The number of carbonyl (C=O) groups excluding carboxylic acids is 2. The van der Waals surface area contributed by atoms with Gasteiger partial charge in [0, 0.05) is 5.57 Å². The SMILES string of the molecule is C=C(C)C(=O)OCCOCCOCCOCCC(=O)OC(C)(C)C. The topological polar surface area (TPSA) is 80.3 Å². The molecule has 0 N–H and O–H groups in total. The van der Waals surface area contributed by atoms with Crippen molar-refractivity contribution in [3.8, 4) is 0 Å². The quantitative estimate of drug-likeness (QED) is 0.286. The monoisotopic (exact) mass is 346 g/mol. The molecule has 0 bridgehead atoms. The lowest BCUT2D eigenvalue weighted by atomic mass is 10.2. The number of esters is 2. The van der Waals surface area contributed by atoms with E-state index in [-0.39, 0.29) is 19.0 Å². The van der Waals surface area contributed by atoms with Crippen LogP contribution in [-0.2, 0) is 33.3 Å².